The van der Waals surface area contributed by atoms with Crippen LogP contribution in [-0.2, 0) is 11.2 Å². The standard InChI is InChI=1S/C15H22N2O2/c1-4-17(10-11(2)3)15(19)14(16)9-12-5-7-13(18)8-6-12/h5-8,14,18H,2,4,9-10,16H2,1,3H3/t14-/m0/s1. The second-order valence-electron chi connectivity index (χ2n) is 4.79. The lowest BCUT2D eigenvalue weighted by Gasteiger charge is -2.24. The zero-order valence-electron chi connectivity index (χ0n) is 11.6. The maximum absolute atomic E-state index is 12.2. The summed E-state index contributed by atoms with van der Waals surface area (Å²) in [5, 5.41) is 9.21. The summed E-state index contributed by atoms with van der Waals surface area (Å²) in [7, 11) is 0. The van der Waals surface area contributed by atoms with Crippen LogP contribution >= 0.6 is 0 Å². The zero-order chi connectivity index (χ0) is 14.4. The van der Waals surface area contributed by atoms with Crippen molar-refractivity contribution in [2.45, 2.75) is 26.3 Å². The van der Waals surface area contributed by atoms with E-state index in [9.17, 15) is 9.90 Å². The molecule has 0 aliphatic carbocycles. The third-order valence-electron chi connectivity index (χ3n) is 2.86. The Morgan fingerprint density at radius 1 is 1.42 bits per heavy atom. The van der Waals surface area contributed by atoms with Gasteiger partial charge in [-0.1, -0.05) is 24.3 Å². The monoisotopic (exact) mass is 262 g/mol. The van der Waals surface area contributed by atoms with E-state index in [1.807, 2.05) is 13.8 Å². The molecule has 0 radical (unpaired) electrons. The highest BCUT2D eigenvalue weighted by molar-refractivity contribution is 5.82. The molecular weight excluding hydrogens is 240 g/mol. The molecule has 1 aromatic rings. The van der Waals surface area contributed by atoms with E-state index in [-0.39, 0.29) is 11.7 Å². The molecule has 0 bridgehead atoms. The van der Waals surface area contributed by atoms with Gasteiger partial charge in [0.05, 0.1) is 6.04 Å². The summed E-state index contributed by atoms with van der Waals surface area (Å²) in [5.41, 5.74) is 7.83. The van der Waals surface area contributed by atoms with Gasteiger partial charge in [0.1, 0.15) is 5.75 Å². The summed E-state index contributed by atoms with van der Waals surface area (Å²) in [6.07, 6.45) is 0.464. The van der Waals surface area contributed by atoms with Crippen LogP contribution in [-0.4, -0.2) is 35.0 Å². The predicted molar refractivity (Wildman–Crippen MR) is 76.9 cm³/mol. The van der Waals surface area contributed by atoms with E-state index in [0.717, 1.165) is 11.1 Å². The largest absolute Gasteiger partial charge is 0.508 e. The van der Waals surface area contributed by atoms with Crippen LogP contribution < -0.4 is 5.73 Å². The van der Waals surface area contributed by atoms with Crippen molar-refractivity contribution in [3.63, 3.8) is 0 Å². The molecule has 0 aliphatic rings. The Bertz CT molecular complexity index is 440. The van der Waals surface area contributed by atoms with E-state index < -0.39 is 6.04 Å². The number of phenols is 1. The second kappa shape index (κ2) is 6.95. The second-order valence-corrected chi connectivity index (χ2v) is 4.79. The average Bonchev–Trinajstić information content (AvgIpc) is 2.37. The minimum Gasteiger partial charge on any atom is -0.508 e. The lowest BCUT2D eigenvalue weighted by Crippen LogP contribution is -2.45. The van der Waals surface area contributed by atoms with Crippen molar-refractivity contribution in [3.05, 3.63) is 42.0 Å². The number of nitrogens with zero attached hydrogens (tertiary/aromatic N) is 1. The number of likely N-dealkylation sites (N-methyl/N-ethyl adjacent to an activating group) is 1. The number of phenolic OH excluding ortho intramolecular Hbond substituents is 1. The summed E-state index contributed by atoms with van der Waals surface area (Å²) < 4.78 is 0. The van der Waals surface area contributed by atoms with Crippen LogP contribution in [0.4, 0.5) is 0 Å². The van der Waals surface area contributed by atoms with Gasteiger partial charge in [0, 0.05) is 13.1 Å². The molecule has 3 N–H and O–H groups in total. The van der Waals surface area contributed by atoms with Gasteiger partial charge in [-0.15, -0.1) is 0 Å². The Balaban J connectivity index is 2.65. The van der Waals surface area contributed by atoms with Crippen LogP contribution in [0.25, 0.3) is 0 Å². The molecule has 1 aromatic carbocycles. The highest BCUT2D eigenvalue weighted by Gasteiger charge is 2.20. The van der Waals surface area contributed by atoms with Crippen molar-refractivity contribution in [1.82, 2.24) is 4.90 Å². The third-order valence-corrected chi connectivity index (χ3v) is 2.86. The van der Waals surface area contributed by atoms with Gasteiger partial charge in [-0.2, -0.15) is 0 Å². The van der Waals surface area contributed by atoms with Gasteiger partial charge in [0.2, 0.25) is 5.91 Å². The van der Waals surface area contributed by atoms with Crippen LogP contribution in [0.5, 0.6) is 5.75 Å². The molecule has 0 unspecified atom stereocenters. The predicted octanol–water partition coefficient (Wildman–Crippen LogP) is 1.69. The fourth-order valence-corrected chi connectivity index (χ4v) is 1.88. The first-order chi connectivity index (χ1) is 8.93. The number of nitrogens with two attached hydrogens (primary N) is 1. The van der Waals surface area contributed by atoms with Crippen LogP contribution in [0, 0.1) is 0 Å². The zero-order valence-corrected chi connectivity index (χ0v) is 11.6. The number of hydrogen-bond donors (Lipinski definition) is 2. The van der Waals surface area contributed by atoms with Crippen LogP contribution in [0.3, 0.4) is 0 Å². The van der Waals surface area contributed by atoms with Crippen molar-refractivity contribution in [3.8, 4) is 5.75 Å². The quantitative estimate of drug-likeness (QED) is 0.767. The van der Waals surface area contributed by atoms with Gasteiger partial charge in [-0.05, 0) is 38.0 Å². The SMILES string of the molecule is C=C(C)CN(CC)C(=O)[C@@H](N)Cc1ccc(O)cc1. The Kier molecular flexibility index (Phi) is 5.57. The number of amides is 1. The lowest BCUT2D eigenvalue weighted by molar-refractivity contribution is -0.131. The van der Waals surface area contributed by atoms with Crippen LogP contribution in [0.1, 0.15) is 19.4 Å². The van der Waals surface area contributed by atoms with Crippen molar-refractivity contribution in [2.75, 3.05) is 13.1 Å². The average molecular weight is 262 g/mol. The van der Waals surface area contributed by atoms with Gasteiger partial charge in [0.15, 0.2) is 0 Å². The summed E-state index contributed by atoms with van der Waals surface area (Å²) in [4.78, 5) is 13.9. The van der Waals surface area contributed by atoms with Crippen LogP contribution in [0.2, 0.25) is 0 Å². The molecule has 0 aromatic heterocycles. The summed E-state index contributed by atoms with van der Waals surface area (Å²) in [6.45, 7) is 8.79. The van der Waals surface area contributed by atoms with Crippen LogP contribution in [0.15, 0.2) is 36.4 Å². The van der Waals surface area contributed by atoms with E-state index in [2.05, 4.69) is 6.58 Å². The number of carbonyl (C=O) groups excluding carboxylic acids is 1. The van der Waals surface area contributed by atoms with Gasteiger partial charge >= 0.3 is 0 Å². The maximum atomic E-state index is 12.2. The van der Waals surface area contributed by atoms with E-state index in [1.165, 1.54) is 0 Å². The Morgan fingerprint density at radius 2 is 2.00 bits per heavy atom. The Labute approximate surface area is 114 Å². The van der Waals surface area contributed by atoms with E-state index in [1.54, 1.807) is 29.2 Å². The molecule has 1 rings (SSSR count). The minimum atomic E-state index is -0.566. The van der Waals surface area contributed by atoms with E-state index >= 15 is 0 Å². The highest BCUT2D eigenvalue weighted by atomic mass is 16.3. The number of benzene rings is 1. The first kappa shape index (κ1) is 15.2. The first-order valence-corrected chi connectivity index (χ1v) is 6.40. The Morgan fingerprint density at radius 3 is 2.47 bits per heavy atom. The maximum Gasteiger partial charge on any atom is 0.240 e. The van der Waals surface area contributed by atoms with Gasteiger partial charge in [0.25, 0.3) is 0 Å². The number of hydrogen-bond acceptors (Lipinski definition) is 3. The molecule has 0 fully saturated rings. The molecule has 4 heteroatoms. The molecule has 1 amide bonds. The number of carbonyl (C=O) groups is 1. The van der Waals surface area contributed by atoms with Gasteiger partial charge in [-0.25, -0.2) is 0 Å². The molecule has 0 saturated carbocycles. The van der Waals surface area contributed by atoms with Crippen molar-refractivity contribution >= 4 is 5.91 Å². The van der Waals surface area contributed by atoms with Gasteiger partial charge in [-0.3, -0.25) is 4.79 Å². The normalized spacial score (nSPS) is 11.9. The molecule has 104 valence electrons. The highest BCUT2D eigenvalue weighted by Crippen LogP contribution is 2.11. The molecule has 0 saturated heterocycles. The molecule has 0 heterocycles. The molecule has 4 nitrogen and oxygen atoms in total. The van der Waals surface area contributed by atoms with E-state index in [4.69, 9.17) is 5.73 Å². The first-order valence-electron chi connectivity index (χ1n) is 6.40. The lowest BCUT2D eigenvalue weighted by atomic mass is 10.1. The molecule has 0 aliphatic heterocycles. The van der Waals surface area contributed by atoms with Crippen molar-refractivity contribution in [2.24, 2.45) is 5.73 Å². The van der Waals surface area contributed by atoms with E-state index in [0.29, 0.717) is 19.5 Å². The smallest absolute Gasteiger partial charge is 0.240 e. The molecule has 19 heavy (non-hydrogen) atoms. The summed E-state index contributed by atoms with van der Waals surface area (Å²) in [5.74, 6) is 0.139. The van der Waals surface area contributed by atoms with Crippen molar-refractivity contribution in [1.29, 1.82) is 0 Å². The van der Waals surface area contributed by atoms with Gasteiger partial charge < -0.3 is 15.7 Å². The minimum absolute atomic E-state index is 0.0708. The summed E-state index contributed by atoms with van der Waals surface area (Å²) >= 11 is 0. The molecule has 1 atom stereocenters. The Hall–Kier alpha value is -1.81. The molecular formula is C15H22N2O2. The fourth-order valence-electron chi connectivity index (χ4n) is 1.88. The number of aromatic hydroxyl groups is 1. The fraction of sp³-hybridized carbons (Fsp3) is 0.400. The van der Waals surface area contributed by atoms with Crippen molar-refractivity contribution < 1.29 is 9.90 Å². The third kappa shape index (κ3) is 4.75. The topological polar surface area (TPSA) is 66.6 Å². The number of rotatable bonds is 6. The summed E-state index contributed by atoms with van der Waals surface area (Å²) in [6, 6.07) is 6.18. The molecule has 0 spiro atoms.